The molecule has 19 nitrogen and oxygen atoms in total. The van der Waals surface area contributed by atoms with Crippen LogP contribution in [0, 0.1) is 21.4 Å². The fraction of sp³-hybridized carbons (Fsp3) is 0.438. The highest BCUT2D eigenvalue weighted by Crippen LogP contribution is 2.38. The van der Waals surface area contributed by atoms with Crippen molar-refractivity contribution >= 4 is 182 Å². The molecule has 0 saturated heterocycles. The zero-order chi connectivity index (χ0) is 43.5. The molecule has 2 rings (SSSR count). The molecule has 0 fully saturated rings. The third-order valence-corrected chi connectivity index (χ3v) is 14.0. The number of anilines is 2. The van der Waals surface area contributed by atoms with Gasteiger partial charge in [0.1, 0.15) is 6.61 Å². The van der Waals surface area contributed by atoms with Crippen LogP contribution in [0.1, 0.15) is 41.4 Å². The van der Waals surface area contributed by atoms with Crippen LogP contribution in [-0.4, -0.2) is 168 Å². The summed E-state index contributed by atoms with van der Waals surface area (Å²) in [6.07, 6.45) is -3.80. The van der Waals surface area contributed by atoms with Crippen molar-refractivity contribution in [1.29, 1.82) is 0 Å². The van der Waals surface area contributed by atoms with Crippen molar-refractivity contribution in [1.82, 2.24) is 20.4 Å². The van der Waals surface area contributed by atoms with Crippen LogP contribution in [0.25, 0.3) is 0 Å². The molecule has 0 radical (unpaired) electrons. The Labute approximate surface area is 408 Å². The van der Waals surface area contributed by atoms with E-state index in [0.717, 1.165) is 9.80 Å². The van der Waals surface area contributed by atoms with Gasteiger partial charge in [-0.1, -0.05) is 0 Å². The summed E-state index contributed by atoms with van der Waals surface area (Å²) in [5, 5.41) is 67.9. The van der Waals surface area contributed by atoms with E-state index in [1.165, 1.54) is 21.2 Å². The lowest BCUT2D eigenvalue weighted by molar-refractivity contribution is -0.119. The van der Waals surface area contributed by atoms with Crippen molar-refractivity contribution in [3.05, 3.63) is 43.7 Å². The highest BCUT2D eigenvalue weighted by Gasteiger charge is 2.33. The Morgan fingerprint density at radius 2 is 0.947 bits per heavy atom. The van der Waals surface area contributed by atoms with E-state index in [-0.39, 0.29) is 81.3 Å². The number of likely N-dealkylation sites (N-methyl/N-ethyl adjacent to an activating group) is 2. The Balaban J connectivity index is 2.63. The van der Waals surface area contributed by atoms with Crippen LogP contribution in [0.15, 0.2) is 0 Å². The predicted molar refractivity (Wildman–Crippen MR) is 256 cm³/mol. The van der Waals surface area contributed by atoms with Gasteiger partial charge in [-0.05, 0) is 136 Å². The standard InChI is InChI=1S/C32H38I6N6O13/c1-43(6-13(49)9-46)31(55)19-22(34)20(32(56)44(2)7-14(50)10-47)26(38)28(25(19)37)41-15(51)5-40-30(54)18-21(33)17(29(53)39-4-12(48)8-45)23(35)27(24(18)36)42-16(52)11-57-3/h12-14,45-50H,4-11H2,1-3H3,(H,39,53)(H,40,54)(H,41,51)(H,42,52). The van der Waals surface area contributed by atoms with E-state index >= 15 is 0 Å². The van der Waals surface area contributed by atoms with Gasteiger partial charge in [-0.25, -0.2) is 0 Å². The first-order valence-electron chi connectivity index (χ1n) is 16.1. The summed E-state index contributed by atoms with van der Waals surface area (Å²) in [7, 11) is 4.06. The van der Waals surface area contributed by atoms with E-state index in [1.807, 2.05) is 113 Å². The largest absolute Gasteiger partial charge is 0.394 e. The maximum Gasteiger partial charge on any atom is 0.255 e. The third-order valence-electron chi connectivity index (χ3n) is 7.52. The number of ether oxygens (including phenoxy) is 1. The number of nitrogens with zero attached hydrogens (tertiary/aromatic N) is 2. The molecule has 0 bridgehead atoms. The number of benzene rings is 2. The van der Waals surface area contributed by atoms with Crippen molar-refractivity contribution in [2.24, 2.45) is 0 Å². The van der Waals surface area contributed by atoms with Crippen LogP contribution in [0.4, 0.5) is 11.4 Å². The van der Waals surface area contributed by atoms with Crippen LogP contribution in [-0.2, 0) is 14.3 Å². The zero-order valence-electron chi connectivity index (χ0n) is 30.1. The maximum atomic E-state index is 13.8. The Morgan fingerprint density at radius 1 is 0.579 bits per heavy atom. The first-order valence-corrected chi connectivity index (χ1v) is 22.6. The Kier molecular flexibility index (Phi) is 22.8. The SMILES string of the molecule is COCC(=O)Nc1c(I)c(C(=O)NCC(=O)Nc2c(I)c(C(=O)N(C)CC(O)CO)c(I)c(C(=O)N(C)CC(O)CO)c2I)c(I)c(C(=O)NCC(O)CO)c1I. The second kappa shape index (κ2) is 24.7. The van der Waals surface area contributed by atoms with E-state index < -0.39 is 80.1 Å². The van der Waals surface area contributed by atoms with Crippen molar-refractivity contribution in [3.63, 3.8) is 0 Å². The van der Waals surface area contributed by atoms with E-state index in [4.69, 9.17) is 4.74 Å². The second-order valence-electron chi connectivity index (χ2n) is 11.9. The van der Waals surface area contributed by atoms with Crippen molar-refractivity contribution < 1.29 is 64.1 Å². The lowest BCUT2D eigenvalue weighted by Crippen LogP contribution is -2.39. The molecule has 0 aliphatic heterocycles. The number of carbonyl (C=O) groups excluding carboxylic acids is 6. The summed E-state index contributed by atoms with van der Waals surface area (Å²) in [5.74, 6) is -4.27. The molecule has 0 heterocycles. The lowest BCUT2D eigenvalue weighted by Gasteiger charge is -2.26. The molecule has 2 aromatic rings. The van der Waals surface area contributed by atoms with Gasteiger partial charge in [-0.15, -0.1) is 0 Å². The lowest BCUT2D eigenvalue weighted by atomic mass is 10.1. The third kappa shape index (κ3) is 13.9. The molecule has 10 N–H and O–H groups in total. The van der Waals surface area contributed by atoms with E-state index in [1.54, 1.807) is 22.6 Å². The van der Waals surface area contributed by atoms with E-state index in [0.29, 0.717) is 0 Å². The number of aliphatic hydroxyl groups is 6. The predicted octanol–water partition coefficient (Wildman–Crippen LogP) is 0.201. The van der Waals surface area contributed by atoms with Crippen LogP contribution in [0.3, 0.4) is 0 Å². The Bertz CT molecular complexity index is 1820. The summed E-state index contributed by atoms with van der Waals surface area (Å²) in [6, 6.07) is 0. The minimum absolute atomic E-state index is 0.0218. The average Bonchev–Trinajstić information content (AvgIpc) is 3.15. The minimum Gasteiger partial charge on any atom is -0.394 e. The van der Waals surface area contributed by atoms with Gasteiger partial charge >= 0.3 is 0 Å². The zero-order valence-corrected chi connectivity index (χ0v) is 43.0. The molecule has 25 heteroatoms. The summed E-state index contributed by atoms with van der Waals surface area (Å²) >= 11 is 10.9. The molecule has 316 valence electrons. The van der Waals surface area contributed by atoms with Crippen LogP contribution in [0.2, 0.25) is 0 Å². The van der Waals surface area contributed by atoms with Gasteiger partial charge in [0.25, 0.3) is 23.6 Å². The molecule has 6 amide bonds. The molecular weight excluding hydrogens is 1440 g/mol. The number of carbonyl (C=O) groups is 6. The van der Waals surface area contributed by atoms with Crippen molar-refractivity contribution in [3.8, 4) is 0 Å². The fourth-order valence-electron chi connectivity index (χ4n) is 4.72. The van der Waals surface area contributed by atoms with Gasteiger partial charge in [0.15, 0.2) is 0 Å². The number of halogens is 6. The van der Waals surface area contributed by atoms with Gasteiger partial charge in [0.05, 0.1) is 92.6 Å². The summed E-state index contributed by atoms with van der Waals surface area (Å²) in [5.41, 5.74) is -0.0237. The van der Waals surface area contributed by atoms with Gasteiger partial charge < -0.3 is 66.4 Å². The summed E-state index contributed by atoms with van der Waals surface area (Å²) in [4.78, 5) is 83.1. The second-order valence-corrected chi connectivity index (χ2v) is 18.4. The smallest absolute Gasteiger partial charge is 0.255 e. The monoisotopic (exact) mass is 1480 g/mol. The number of hydrogen-bond acceptors (Lipinski definition) is 13. The quantitative estimate of drug-likeness (QED) is 0.0844. The maximum absolute atomic E-state index is 13.8. The number of hydrogen-bond donors (Lipinski definition) is 10. The highest BCUT2D eigenvalue weighted by molar-refractivity contribution is 14.1. The van der Waals surface area contributed by atoms with Gasteiger partial charge in [-0.3, -0.25) is 28.8 Å². The van der Waals surface area contributed by atoms with Gasteiger partial charge in [-0.2, -0.15) is 0 Å². The topological polar surface area (TPSA) is 288 Å². The molecular formula is C32H38I6N6O13. The van der Waals surface area contributed by atoms with Crippen LogP contribution < -0.4 is 21.3 Å². The minimum atomic E-state index is -1.27. The van der Waals surface area contributed by atoms with E-state index in [9.17, 15) is 59.4 Å². The first-order chi connectivity index (χ1) is 26.7. The molecule has 3 unspecified atom stereocenters. The summed E-state index contributed by atoms with van der Waals surface area (Å²) in [6.45, 7) is -3.74. The molecule has 0 aromatic heterocycles. The number of rotatable bonds is 19. The van der Waals surface area contributed by atoms with Crippen molar-refractivity contribution in [2.75, 3.05) is 84.4 Å². The highest BCUT2D eigenvalue weighted by atomic mass is 127. The molecule has 2 aromatic carbocycles. The van der Waals surface area contributed by atoms with Gasteiger partial charge in [0.2, 0.25) is 11.8 Å². The average molecular weight is 1480 g/mol. The number of aliphatic hydroxyl groups excluding tert-OH is 6. The molecule has 3 atom stereocenters. The Hall–Kier alpha value is -0.640. The fourth-order valence-corrected chi connectivity index (χ4v) is 13.5. The number of methoxy groups -OCH3 is 1. The molecule has 57 heavy (non-hydrogen) atoms. The normalized spacial score (nSPS) is 12.6. The van der Waals surface area contributed by atoms with Crippen LogP contribution >= 0.6 is 136 Å². The number of amides is 6. The molecule has 0 aliphatic carbocycles. The Morgan fingerprint density at radius 3 is 1.35 bits per heavy atom. The molecule has 0 spiro atoms. The van der Waals surface area contributed by atoms with Crippen molar-refractivity contribution in [2.45, 2.75) is 18.3 Å². The summed E-state index contributed by atoms with van der Waals surface area (Å²) < 4.78 is 6.09. The van der Waals surface area contributed by atoms with Crippen LogP contribution in [0.5, 0.6) is 0 Å². The number of nitrogens with one attached hydrogen (secondary N) is 4. The molecule has 0 aliphatic rings. The molecule has 0 saturated carbocycles. The van der Waals surface area contributed by atoms with Gasteiger partial charge in [0, 0.05) is 48.0 Å². The van der Waals surface area contributed by atoms with E-state index in [2.05, 4.69) is 21.3 Å². The first kappa shape index (κ1) is 52.5.